The van der Waals surface area contributed by atoms with E-state index in [2.05, 4.69) is 246 Å². The first kappa shape index (κ1) is 36.5. The summed E-state index contributed by atoms with van der Waals surface area (Å²) in [4.78, 5) is 2.39. The van der Waals surface area contributed by atoms with E-state index in [1.165, 1.54) is 44.1 Å². The first-order chi connectivity index (χ1) is 31.3. The zero-order valence-electron chi connectivity index (χ0n) is 34.4. The highest BCUT2D eigenvalue weighted by Gasteiger charge is 2.21. The number of anilines is 3. The summed E-state index contributed by atoms with van der Waals surface area (Å²) in [5, 5.41) is 4.73. The van der Waals surface area contributed by atoms with Crippen molar-refractivity contribution in [2.45, 2.75) is 0 Å². The normalized spacial score (nSPS) is 11.5. The van der Waals surface area contributed by atoms with Crippen LogP contribution in [0.2, 0.25) is 0 Å². The molecule has 0 saturated heterocycles. The molecule has 0 unspecified atom stereocenters. The van der Waals surface area contributed by atoms with Crippen LogP contribution in [0.3, 0.4) is 0 Å². The second-order valence-electron chi connectivity index (χ2n) is 16.1. The molecule has 0 spiro atoms. The van der Waals surface area contributed by atoms with Crippen molar-refractivity contribution in [1.82, 2.24) is 4.57 Å². The van der Waals surface area contributed by atoms with Gasteiger partial charge in [-0.25, -0.2) is 0 Å². The highest BCUT2D eigenvalue weighted by Crippen LogP contribution is 2.46. The van der Waals surface area contributed by atoms with Crippen LogP contribution in [0.1, 0.15) is 0 Å². The summed E-state index contributed by atoms with van der Waals surface area (Å²) in [6.07, 6.45) is 0. The first-order valence-corrected chi connectivity index (χ1v) is 21.5. The lowest BCUT2D eigenvalue weighted by atomic mass is 9.96. The molecule has 12 aromatic rings. The molecular weight excluding hydrogens is 765 g/mol. The maximum absolute atomic E-state index is 6.40. The number of benzene rings is 10. The lowest BCUT2D eigenvalue weighted by Gasteiger charge is -2.28. The van der Waals surface area contributed by atoms with E-state index < -0.39 is 0 Å². The van der Waals surface area contributed by atoms with Crippen molar-refractivity contribution in [2.75, 3.05) is 4.90 Å². The van der Waals surface area contributed by atoms with Crippen molar-refractivity contribution < 1.29 is 4.42 Å². The van der Waals surface area contributed by atoms with Crippen LogP contribution in [0, 0.1) is 0 Å². The number of rotatable bonds is 8. The predicted molar refractivity (Wildman–Crippen MR) is 264 cm³/mol. The summed E-state index contributed by atoms with van der Waals surface area (Å²) in [6.45, 7) is 0. The Bertz CT molecular complexity index is 3560. The maximum atomic E-state index is 6.40. The molecule has 0 saturated carbocycles. The number of hydrogen-bond acceptors (Lipinski definition) is 2. The van der Waals surface area contributed by atoms with Crippen LogP contribution < -0.4 is 4.90 Å². The Labute approximate surface area is 366 Å². The van der Waals surface area contributed by atoms with Gasteiger partial charge in [-0.05, 0) is 100 Å². The van der Waals surface area contributed by atoms with Gasteiger partial charge < -0.3 is 13.9 Å². The molecule has 0 N–H and O–H groups in total. The average Bonchev–Trinajstić information content (AvgIpc) is 3.91. The zero-order valence-corrected chi connectivity index (χ0v) is 34.4. The minimum atomic E-state index is 0.878. The summed E-state index contributed by atoms with van der Waals surface area (Å²) < 4.78 is 8.81. The predicted octanol–water partition coefficient (Wildman–Crippen LogP) is 16.8. The molecule has 0 bridgehead atoms. The molecule has 0 aliphatic heterocycles. The highest BCUT2D eigenvalue weighted by atomic mass is 16.3. The van der Waals surface area contributed by atoms with Crippen molar-refractivity contribution in [3.8, 4) is 50.2 Å². The summed E-state index contributed by atoms with van der Waals surface area (Å²) in [5.74, 6) is 0. The zero-order chi connectivity index (χ0) is 41.7. The largest absolute Gasteiger partial charge is 0.456 e. The van der Waals surface area contributed by atoms with E-state index >= 15 is 0 Å². The molecule has 2 aromatic heterocycles. The molecule has 0 aliphatic carbocycles. The van der Waals surface area contributed by atoms with E-state index in [0.717, 1.165) is 66.9 Å². The van der Waals surface area contributed by atoms with Gasteiger partial charge in [-0.15, -0.1) is 0 Å². The van der Waals surface area contributed by atoms with Gasteiger partial charge in [0, 0.05) is 44.0 Å². The molecule has 0 radical (unpaired) electrons. The van der Waals surface area contributed by atoms with Crippen molar-refractivity contribution in [3.05, 3.63) is 243 Å². The van der Waals surface area contributed by atoms with Crippen molar-refractivity contribution in [1.29, 1.82) is 0 Å². The lowest BCUT2D eigenvalue weighted by molar-refractivity contribution is 0.669. The quantitative estimate of drug-likeness (QED) is 0.153. The third-order valence-electron chi connectivity index (χ3n) is 12.4. The average molecular weight is 805 g/mol. The highest BCUT2D eigenvalue weighted by molar-refractivity contribution is 6.14. The topological polar surface area (TPSA) is 21.3 Å². The fraction of sp³-hybridized carbons (Fsp3) is 0. The van der Waals surface area contributed by atoms with Gasteiger partial charge in [-0.2, -0.15) is 0 Å². The second kappa shape index (κ2) is 15.3. The van der Waals surface area contributed by atoms with Crippen LogP contribution in [0.25, 0.3) is 93.9 Å². The third-order valence-corrected chi connectivity index (χ3v) is 12.4. The maximum Gasteiger partial charge on any atom is 0.136 e. The van der Waals surface area contributed by atoms with E-state index in [9.17, 15) is 0 Å². The lowest BCUT2D eigenvalue weighted by Crippen LogP contribution is -2.11. The standard InChI is InChI=1S/C60H40N2O/c1-2-16-41(17-3-1)44-18-14-19-45(40-44)42-32-36-46(37-33-42)61(55-27-10-7-23-51(55)52-25-15-31-59-60(52)53-24-8-13-30-58(53)63-59)47-38-34-43(35-39-47)48-20-4-9-26-54(48)62-56-28-11-5-21-49(56)50-22-6-12-29-57(50)62/h1-40H. The number of fused-ring (bicyclic) bond motifs is 6. The van der Waals surface area contributed by atoms with Gasteiger partial charge in [0.25, 0.3) is 0 Å². The molecule has 296 valence electrons. The van der Waals surface area contributed by atoms with Gasteiger partial charge in [-0.3, -0.25) is 0 Å². The number of hydrogen-bond donors (Lipinski definition) is 0. The van der Waals surface area contributed by atoms with E-state index in [1.54, 1.807) is 0 Å². The molecule has 12 rings (SSSR count). The Hall–Kier alpha value is -8.40. The van der Waals surface area contributed by atoms with Crippen LogP contribution in [-0.2, 0) is 0 Å². The van der Waals surface area contributed by atoms with Crippen LogP contribution in [0.15, 0.2) is 247 Å². The van der Waals surface area contributed by atoms with Gasteiger partial charge in [0.1, 0.15) is 11.2 Å². The number of nitrogens with zero attached hydrogens (tertiary/aromatic N) is 2. The molecule has 10 aromatic carbocycles. The van der Waals surface area contributed by atoms with Gasteiger partial charge in [0.15, 0.2) is 0 Å². The van der Waals surface area contributed by atoms with Gasteiger partial charge in [-0.1, -0.05) is 176 Å². The number of para-hydroxylation sites is 5. The third kappa shape index (κ3) is 6.29. The van der Waals surface area contributed by atoms with Crippen LogP contribution in [0.5, 0.6) is 0 Å². The minimum Gasteiger partial charge on any atom is -0.456 e. The Kier molecular flexibility index (Phi) is 8.83. The van der Waals surface area contributed by atoms with Crippen LogP contribution in [-0.4, -0.2) is 4.57 Å². The fourth-order valence-corrected chi connectivity index (χ4v) is 9.52. The SMILES string of the molecule is c1ccc(-c2cccc(-c3ccc(N(c4ccc(-c5ccccc5-n5c6ccccc6c6ccccc65)cc4)c4ccccc4-c4cccc5oc6ccccc6c45)cc3)c2)cc1. The Morgan fingerprint density at radius 1 is 0.317 bits per heavy atom. The van der Waals surface area contributed by atoms with Crippen LogP contribution in [0.4, 0.5) is 17.1 Å². The second-order valence-corrected chi connectivity index (χ2v) is 16.1. The monoisotopic (exact) mass is 804 g/mol. The van der Waals surface area contributed by atoms with Crippen molar-refractivity contribution in [2.24, 2.45) is 0 Å². The smallest absolute Gasteiger partial charge is 0.136 e. The molecule has 0 aliphatic rings. The Balaban J connectivity index is 1.00. The van der Waals surface area contributed by atoms with E-state index in [-0.39, 0.29) is 0 Å². The van der Waals surface area contributed by atoms with E-state index in [0.29, 0.717) is 0 Å². The van der Waals surface area contributed by atoms with Gasteiger partial charge >= 0.3 is 0 Å². The molecule has 0 atom stereocenters. The molecule has 3 heteroatoms. The van der Waals surface area contributed by atoms with Crippen molar-refractivity contribution >= 4 is 60.8 Å². The summed E-state index contributed by atoms with van der Waals surface area (Å²) in [5.41, 5.74) is 17.8. The molecule has 3 nitrogen and oxygen atoms in total. The van der Waals surface area contributed by atoms with Gasteiger partial charge in [0.2, 0.25) is 0 Å². The van der Waals surface area contributed by atoms with E-state index in [1.807, 2.05) is 6.07 Å². The van der Waals surface area contributed by atoms with Crippen LogP contribution >= 0.6 is 0 Å². The summed E-state index contributed by atoms with van der Waals surface area (Å²) >= 11 is 0. The number of aromatic nitrogens is 1. The first-order valence-electron chi connectivity index (χ1n) is 21.5. The fourth-order valence-electron chi connectivity index (χ4n) is 9.52. The molecule has 63 heavy (non-hydrogen) atoms. The Morgan fingerprint density at radius 2 is 0.810 bits per heavy atom. The molecule has 2 heterocycles. The Morgan fingerprint density at radius 3 is 1.52 bits per heavy atom. The molecule has 0 fully saturated rings. The van der Waals surface area contributed by atoms with Crippen molar-refractivity contribution in [3.63, 3.8) is 0 Å². The van der Waals surface area contributed by atoms with Gasteiger partial charge in [0.05, 0.1) is 22.4 Å². The minimum absolute atomic E-state index is 0.878. The number of furan rings is 1. The summed E-state index contributed by atoms with van der Waals surface area (Å²) in [7, 11) is 0. The molecular formula is C60H40N2O. The molecule has 0 amide bonds. The summed E-state index contributed by atoms with van der Waals surface area (Å²) in [6, 6.07) is 87.1. The van der Waals surface area contributed by atoms with E-state index in [4.69, 9.17) is 4.42 Å².